The first-order chi connectivity index (χ1) is 7.18. The molecule has 0 amide bonds. The minimum Gasteiger partial charge on any atom is -0.377 e. The lowest BCUT2D eigenvalue weighted by Gasteiger charge is -2.32. The third kappa shape index (κ3) is 6.06. The van der Waals surface area contributed by atoms with Gasteiger partial charge in [-0.1, -0.05) is 0 Å². The number of piperazine rings is 1. The zero-order chi connectivity index (χ0) is 11.1. The summed E-state index contributed by atoms with van der Waals surface area (Å²) in [6.45, 7) is 6.61. The molecule has 5 heteroatoms. The van der Waals surface area contributed by atoms with Crippen LogP contribution in [0, 0.1) is 0 Å². The van der Waals surface area contributed by atoms with Gasteiger partial charge in [-0.25, -0.2) is 0 Å². The Morgan fingerprint density at radius 3 is 2.60 bits per heavy atom. The topological polar surface area (TPSA) is 62.0 Å². The molecule has 1 aliphatic rings. The molecule has 1 fully saturated rings. The summed E-state index contributed by atoms with van der Waals surface area (Å²) in [6.07, 6.45) is 0.171. The summed E-state index contributed by atoms with van der Waals surface area (Å²) in [5.74, 6) is 0. The molecule has 1 saturated heterocycles. The van der Waals surface area contributed by atoms with Crippen LogP contribution in [-0.2, 0) is 4.74 Å². The molecular formula is C10H23N3O2. The molecule has 0 aromatic rings. The number of likely N-dealkylation sites (N-methyl/N-ethyl adjacent to an activating group) is 1. The van der Waals surface area contributed by atoms with Gasteiger partial charge >= 0.3 is 0 Å². The fraction of sp³-hybridized carbons (Fsp3) is 1.00. The van der Waals surface area contributed by atoms with Crippen molar-refractivity contribution in [1.29, 1.82) is 0 Å². The van der Waals surface area contributed by atoms with Gasteiger partial charge in [-0.05, 0) is 13.5 Å². The predicted octanol–water partition coefficient (Wildman–Crippen LogP) is -1.08. The van der Waals surface area contributed by atoms with E-state index < -0.39 is 6.23 Å². The number of nitrogens with zero attached hydrogens (tertiary/aromatic N) is 2. The first-order valence-electron chi connectivity index (χ1n) is 5.61. The maximum atomic E-state index is 8.77. The number of ether oxygens (including phenoxy) is 1. The second kappa shape index (κ2) is 7.14. The van der Waals surface area contributed by atoms with E-state index in [9.17, 15) is 0 Å². The molecule has 3 N–H and O–H groups in total. The molecule has 90 valence electrons. The molecule has 0 aliphatic carbocycles. The van der Waals surface area contributed by atoms with Gasteiger partial charge in [0.25, 0.3) is 0 Å². The minimum atomic E-state index is -0.839. The zero-order valence-electron chi connectivity index (χ0n) is 9.56. The molecule has 1 atom stereocenters. The van der Waals surface area contributed by atoms with Crippen molar-refractivity contribution in [2.24, 2.45) is 5.73 Å². The number of rotatable bonds is 6. The summed E-state index contributed by atoms with van der Waals surface area (Å²) in [5, 5.41) is 8.77. The number of nitrogens with two attached hydrogens (primary N) is 1. The van der Waals surface area contributed by atoms with Crippen LogP contribution in [-0.4, -0.2) is 74.1 Å². The lowest BCUT2D eigenvalue weighted by atomic mass is 10.3. The fourth-order valence-corrected chi connectivity index (χ4v) is 1.67. The Morgan fingerprint density at radius 1 is 1.33 bits per heavy atom. The van der Waals surface area contributed by atoms with Crippen LogP contribution in [0.4, 0.5) is 0 Å². The molecule has 0 aromatic heterocycles. The maximum absolute atomic E-state index is 8.77. The van der Waals surface area contributed by atoms with E-state index in [4.69, 9.17) is 15.6 Å². The summed E-state index contributed by atoms with van der Waals surface area (Å²) in [7, 11) is 2.16. The highest BCUT2D eigenvalue weighted by Gasteiger charge is 2.12. The third-order valence-corrected chi connectivity index (χ3v) is 2.65. The first-order valence-corrected chi connectivity index (χ1v) is 5.61. The zero-order valence-corrected chi connectivity index (χ0v) is 9.56. The SMILES string of the molecule is CN1CCN(CCCOCC(N)O)CC1. The number of aliphatic hydroxyl groups excluding tert-OH is 1. The van der Waals surface area contributed by atoms with Gasteiger partial charge in [0.2, 0.25) is 0 Å². The molecule has 1 rings (SSSR count). The van der Waals surface area contributed by atoms with Crippen LogP contribution in [0.15, 0.2) is 0 Å². The molecular weight excluding hydrogens is 194 g/mol. The van der Waals surface area contributed by atoms with E-state index in [1.165, 1.54) is 0 Å². The normalized spacial score (nSPS) is 21.8. The Kier molecular flexibility index (Phi) is 6.12. The van der Waals surface area contributed by atoms with Gasteiger partial charge in [0.15, 0.2) is 0 Å². The van der Waals surface area contributed by atoms with Crippen molar-refractivity contribution >= 4 is 0 Å². The van der Waals surface area contributed by atoms with E-state index in [-0.39, 0.29) is 6.61 Å². The van der Waals surface area contributed by atoms with Crippen LogP contribution in [0.1, 0.15) is 6.42 Å². The molecule has 0 bridgehead atoms. The second-order valence-electron chi connectivity index (χ2n) is 4.14. The molecule has 0 spiro atoms. The van der Waals surface area contributed by atoms with E-state index in [2.05, 4.69) is 16.8 Å². The van der Waals surface area contributed by atoms with Crippen molar-refractivity contribution in [3.8, 4) is 0 Å². The summed E-state index contributed by atoms with van der Waals surface area (Å²) in [4.78, 5) is 4.79. The quantitative estimate of drug-likeness (QED) is 0.438. The summed E-state index contributed by atoms with van der Waals surface area (Å²) in [5.41, 5.74) is 5.15. The van der Waals surface area contributed by atoms with E-state index in [1.807, 2.05) is 0 Å². The van der Waals surface area contributed by atoms with E-state index >= 15 is 0 Å². The number of aliphatic hydroxyl groups is 1. The average Bonchev–Trinajstić information content (AvgIpc) is 2.20. The third-order valence-electron chi connectivity index (χ3n) is 2.65. The Balaban J connectivity index is 1.91. The van der Waals surface area contributed by atoms with Crippen LogP contribution in [0.3, 0.4) is 0 Å². The molecule has 5 nitrogen and oxygen atoms in total. The van der Waals surface area contributed by atoms with E-state index in [1.54, 1.807) is 0 Å². The van der Waals surface area contributed by atoms with Crippen molar-refractivity contribution in [2.45, 2.75) is 12.6 Å². The van der Waals surface area contributed by atoms with Crippen molar-refractivity contribution in [3.63, 3.8) is 0 Å². The molecule has 15 heavy (non-hydrogen) atoms. The molecule has 1 aliphatic heterocycles. The monoisotopic (exact) mass is 217 g/mol. The largest absolute Gasteiger partial charge is 0.377 e. The van der Waals surface area contributed by atoms with Crippen molar-refractivity contribution in [3.05, 3.63) is 0 Å². The first kappa shape index (κ1) is 12.9. The maximum Gasteiger partial charge on any atom is 0.126 e. The van der Waals surface area contributed by atoms with E-state index in [0.717, 1.165) is 39.1 Å². The Bertz CT molecular complexity index is 159. The summed E-state index contributed by atoms with van der Waals surface area (Å²) < 4.78 is 5.20. The van der Waals surface area contributed by atoms with Crippen LogP contribution >= 0.6 is 0 Å². The highest BCUT2D eigenvalue weighted by atomic mass is 16.5. The van der Waals surface area contributed by atoms with Crippen molar-refractivity contribution < 1.29 is 9.84 Å². The van der Waals surface area contributed by atoms with Crippen LogP contribution in [0.2, 0.25) is 0 Å². The van der Waals surface area contributed by atoms with Crippen molar-refractivity contribution in [1.82, 2.24) is 9.80 Å². The molecule has 1 heterocycles. The Hall–Kier alpha value is -0.200. The number of hydrogen-bond acceptors (Lipinski definition) is 5. The molecule has 0 aromatic carbocycles. The van der Waals surface area contributed by atoms with E-state index in [0.29, 0.717) is 6.61 Å². The second-order valence-corrected chi connectivity index (χ2v) is 4.14. The standard InChI is InChI=1S/C10H23N3O2/c1-12-4-6-13(7-5-12)3-2-8-15-9-10(11)14/h10,14H,2-9,11H2,1H3. The van der Waals surface area contributed by atoms with Gasteiger partial charge in [-0.15, -0.1) is 0 Å². The minimum absolute atomic E-state index is 0.239. The highest BCUT2D eigenvalue weighted by Crippen LogP contribution is 1.99. The fourth-order valence-electron chi connectivity index (χ4n) is 1.67. The highest BCUT2D eigenvalue weighted by molar-refractivity contribution is 4.68. The van der Waals surface area contributed by atoms with Gasteiger partial charge in [0.1, 0.15) is 6.23 Å². The van der Waals surface area contributed by atoms with Crippen LogP contribution < -0.4 is 5.73 Å². The van der Waals surface area contributed by atoms with Gasteiger partial charge < -0.3 is 25.4 Å². The lowest BCUT2D eigenvalue weighted by Crippen LogP contribution is -2.44. The molecule has 1 unspecified atom stereocenters. The average molecular weight is 217 g/mol. The molecule has 0 saturated carbocycles. The van der Waals surface area contributed by atoms with Gasteiger partial charge in [0.05, 0.1) is 6.61 Å². The van der Waals surface area contributed by atoms with Gasteiger partial charge in [-0.2, -0.15) is 0 Å². The van der Waals surface area contributed by atoms with Crippen molar-refractivity contribution in [2.75, 3.05) is 53.0 Å². The predicted molar refractivity (Wildman–Crippen MR) is 59.6 cm³/mol. The number of hydrogen-bond donors (Lipinski definition) is 2. The smallest absolute Gasteiger partial charge is 0.126 e. The summed E-state index contributed by atoms with van der Waals surface area (Å²) in [6, 6.07) is 0. The van der Waals surface area contributed by atoms with Gasteiger partial charge in [-0.3, -0.25) is 0 Å². The van der Waals surface area contributed by atoms with Gasteiger partial charge in [0, 0.05) is 39.3 Å². The lowest BCUT2D eigenvalue weighted by molar-refractivity contribution is 0.0345. The summed E-state index contributed by atoms with van der Waals surface area (Å²) >= 11 is 0. The Labute approximate surface area is 91.8 Å². The van der Waals surface area contributed by atoms with Crippen LogP contribution in [0.25, 0.3) is 0 Å². The van der Waals surface area contributed by atoms with Crippen LogP contribution in [0.5, 0.6) is 0 Å². The molecule has 0 radical (unpaired) electrons. The Morgan fingerprint density at radius 2 is 2.00 bits per heavy atom.